The number of rotatable bonds is 8. The second-order valence-corrected chi connectivity index (χ2v) is 8.03. The van der Waals surface area contributed by atoms with Gasteiger partial charge in [-0.2, -0.15) is 0 Å². The van der Waals surface area contributed by atoms with Gasteiger partial charge >= 0.3 is 0 Å². The second kappa shape index (κ2) is 12.5. The van der Waals surface area contributed by atoms with Crippen LogP contribution in [0.3, 0.4) is 0 Å². The Kier molecular flexibility index (Phi) is 10.8. The Morgan fingerprint density at radius 3 is 2.48 bits per heavy atom. The zero-order chi connectivity index (χ0) is 20.2. The van der Waals surface area contributed by atoms with Crippen molar-refractivity contribution in [3.8, 4) is 0 Å². The highest BCUT2D eigenvalue weighted by Crippen LogP contribution is 2.26. The molecule has 2 amide bonds. The summed E-state index contributed by atoms with van der Waals surface area (Å²) < 4.78 is 0. The number of fused-ring (bicyclic) bond motifs is 1. The standard InChI is InChI=1S/C20H30N2O2.C3H8/c1-14(2)6-4-3-5-11-22-20(24)18-10-8-15-12-17(19(21)23)9-7-16(15)13-18;1-3-2/h7,9,12,14,18H,3-6,8,10-11,13H2,1-2H3,(H2,21,23)(H,22,24);3H2,1-2H3. The first-order chi connectivity index (χ1) is 12.9. The second-order valence-electron chi connectivity index (χ2n) is 8.03. The third-order valence-corrected chi connectivity index (χ3v) is 4.85. The smallest absolute Gasteiger partial charge is 0.248 e. The quantitative estimate of drug-likeness (QED) is 0.651. The molecule has 152 valence electrons. The molecule has 1 aliphatic carbocycles. The maximum Gasteiger partial charge on any atom is 0.248 e. The molecule has 0 radical (unpaired) electrons. The van der Waals surface area contributed by atoms with Crippen LogP contribution in [0.2, 0.25) is 0 Å². The number of nitrogens with two attached hydrogens (primary N) is 1. The van der Waals surface area contributed by atoms with E-state index in [1.165, 1.54) is 31.2 Å². The summed E-state index contributed by atoms with van der Waals surface area (Å²) >= 11 is 0. The van der Waals surface area contributed by atoms with Crippen molar-refractivity contribution in [3.05, 3.63) is 34.9 Å². The highest BCUT2D eigenvalue weighted by molar-refractivity contribution is 5.93. The molecule has 0 bridgehead atoms. The molecule has 1 aromatic carbocycles. The summed E-state index contributed by atoms with van der Waals surface area (Å²) in [5.41, 5.74) is 8.21. The van der Waals surface area contributed by atoms with Gasteiger partial charge in [-0.25, -0.2) is 0 Å². The highest BCUT2D eigenvalue weighted by atomic mass is 16.2. The molecule has 1 unspecified atom stereocenters. The number of carbonyl (C=O) groups is 2. The van der Waals surface area contributed by atoms with Crippen LogP contribution in [0.1, 0.15) is 87.7 Å². The van der Waals surface area contributed by atoms with Gasteiger partial charge in [-0.15, -0.1) is 0 Å². The van der Waals surface area contributed by atoms with Crippen molar-refractivity contribution in [3.63, 3.8) is 0 Å². The van der Waals surface area contributed by atoms with E-state index < -0.39 is 5.91 Å². The van der Waals surface area contributed by atoms with E-state index in [0.717, 1.165) is 43.7 Å². The van der Waals surface area contributed by atoms with Crippen molar-refractivity contribution in [2.75, 3.05) is 6.54 Å². The SMILES string of the molecule is CC(C)CCCCCNC(=O)C1CCc2cc(C(N)=O)ccc2C1.CCC. The summed E-state index contributed by atoms with van der Waals surface area (Å²) in [6.07, 6.45) is 8.43. The lowest BCUT2D eigenvalue weighted by Gasteiger charge is -2.24. The van der Waals surface area contributed by atoms with Crippen molar-refractivity contribution < 1.29 is 9.59 Å². The van der Waals surface area contributed by atoms with E-state index in [1.807, 2.05) is 12.1 Å². The molecule has 0 aromatic heterocycles. The number of carbonyl (C=O) groups excluding carboxylic acids is 2. The topological polar surface area (TPSA) is 72.2 Å². The summed E-state index contributed by atoms with van der Waals surface area (Å²) in [5, 5.41) is 3.09. The van der Waals surface area contributed by atoms with E-state index in [-0.39, 0.29) is 11.8 Å². The van der Waals surface area contributed by atoms with E-state index >= 15 is 0 Å². The molecule has 0 saturated carbocycles. The van der Waals surface area contributed by atoms with Gasteiger partial charge in [0.25, 0.3) is 0 Å². The van der Waals surface area contributed by atoms with Crippen LogP contribution < -0.4 is 11.1 Å². The van der Waals surface area contributed by atoms with Gasteiger partial charge in [0.2, 0.25) is 11.8 Å². The fraction of sp³-hybridized carbons (Fsp3) is 0.652. The molecule has 0 saturated heterocycles. The fourth-order valence-corrected chi connectivity index (χ4v) is 3.34. The molecule has 0 spiro atoms. The van der Waals surface area contributed by atoms with E-state index in [9.17, 15) is 9.59 Å². The molecule has 4 nitrogen and oxygen atoms in total. The van der Waals surface area contributed by atoms with Crippen molar-refractivity contribution in [1.29, 1.82) is 0 Å². The maximum atomic E-state index is 12.3. The Balaban J connectivity index is 0.00000114. The third kappa shape index (κ3) is 8.59. The number of unbranched alkanes of at least 4 members (excludes halogenated alkanes) is 2. The van der Waals surface area contributed by atoms with Gasteiger partial charge in [0.15, 0.2) is 0 Å². The lowest BCUT2D eigenvalue weighted by atomic mass is 9.82. The molecule has 4 heteroatoms. The summed E-state index contributed by atoms with van der Waals surface area (Å²) in [6.45, 7) is 9.52. The van der Waals surface area contributed by atoms with Gasteiger partial charge in [0, 0.05) is 18.0 Å². The number of primary amides is 1. The molecule has 27 heavy (non-hydrogen) atoms. The number of hydrogen-bond donors (Lipinski definition) is 2. The predicted molar refractivity (Wildman–Crippen MR) is 113 cm³/mol. The minimum absolute atomic E-state index is 0.0487. The van der Waals surface area contributed by atoms with Crippen molar-refractivity contribution >= 4 is 11.8 Å². The van der Waals surface area contributed by atoms with Crippen molar-refractivity contribution in [2.24, 2.45) is 17.6 Å². The van der Waals surface area contributed by atoms with Crippen LogP contribution in [-0.4, -0.2) is 18.4 Å². The van der Waals surface area contributed by atoms with Crippen LogP contribution in [0.4, 0.5) is 0 Å². The molecule has 3 N–H and O–H groups in total. The Hall–Kier alpha value is -1.84. The first-order valence-corrected chi connectivity index (χ1v) is 10.6. The Morgan fingerprint density at radius 2 is 1.85 bits per heavy atom. The van der Waals surface area contributed by atoms with E-state index in [2.05, 4.69) is 33.0 Å². The van der Waals surface area contributed by atoms with Crippen molar-refractivity contribution in [2.45, 2.75) is 79.1 Å². The summed E-state index contributed by atoms with van der Waals surface area (Å²) in [4.78, 5) is 23.6. The van der Waals surface area contributed by atoms with Gasteiger partial charge in [-0.05, 0) is 54.9 Å². The molecule has 1 aliphatic rings. The van der Waals surface area contributed by atoms with E-state index in [0.29, 0.717) is 5.56 Å². The maximum absolute atomic E-state index is 12.3. The molecule has 2 rings (SSSR count). The largest absolute Gasteiger partial charge is 0.366 e. The lowest BCUT2D eigenvalue weighted by Crippen LogP contribution is -2.34. The molecule has 0 aliphatic heterocycles. The molecule has 1 atom stereocenters. The first-order valence-electron chi connectivity index (χ1n) is 10.6. The average molecular weight is 375 g/mol. The molecule has 0 heterocycles. The number of benzene rings is 1. The lowest BCUT2D eigenvalue weighted by molar-refractivity contribution is -0.125. The van der Waals surface area contributed by atoms with E-state index in [4.69, 9.17) is 5.73 Å². The summed E-state index contributed by atoms with van der Waals surface area (Å²) in [5.74, 6) is 0.586. The zero-order valence-electron chi connectivity index (χ0n) is 17.6. The minimum atomic E-state index is -0.393. The monoisotopic (exact) mass is 374 g/mol. The predicted octanol–water partition coefficient (Wildman–Crippen LogP) is 4.64. The molecule has 0 fully saturated rings. The first kappa shape index (κ1) is 23.2. The van der Waals surface area contributed by atoms with Gasteiger partial charge in [0.05, 0.1) is 0 Å². The van der Waals surface area contributed by atoms with Crippen LogP contribution >= 0.6 is 0 Å². The van der Waals surface area contributed by atoms with Crippen LogP contribution in [0.25, 0.3) is 0 Å². The van der Waals surface area contributed by atoms with Crippen LogP contribution in [-0.2, 0) is 17.6 Å². The van der Waals surface area contributed by atoms with Crippen LogP contribution in [0, 0.1) is 11.8 Å². The molecular formula is C23H38N2O2. The fourth-order valence-electron chi connectivity index (χ4n) is 3.34. The molecular weight excluding hydrogens is 336 g/mol. The Bertz CT molecular complexity index is 596. The summed E-state index contributed by atoms with van der Waals surface area (Å²) in [7, 11) is 0. The number of aryl methyl sites for hydroxylation is 1. The number of nitrogens with one attached hydrogen (secondary N) is 1. The number of hydrogen-bond acceptors (Lipinski definition) is 2. The Labute approximate surface area is 165 Å². The van der Waals surface area contributed by atoms with Crippen LogP contribution in [0.15, 0.2) is 18.2 Å². The zero-order valence-corrected chi connectivity index (χ0v) is 17.6. The third-order valence-electron chi connectivity index (χ3n) is 4.85. The normalized spacial score (nSPS) is 15.5. The summed E-state index contributed by atoms with van der Waals surface area (Å²) in [6, 6.07) is 5.58. The Morgan fingerprint density at radius 1 is 1.15 bits per heavy atom. The minimum Gasteiger partial charge on any atom is -0.366 e. The van der Waals surface area contributed by atoms with Gasteiger partial charge in [0.1, 0.15) is 0 Å². The van der Waals surface area contributed by atoms with Gasteiger partial charge < -0.3 is 11.1 Å². The van der Waals surface area contributed by atoms with E-state index in [1.54, 1.807) is 6.07 Å². The molecule has 1 aromatic rings. The van der Waals surface area contributed by atoms with Crippen molar-refractivity contribution in [1.82, 2.24) is 5.32 Å². The van der Waals surface area contributed by atoms with Crippen LogP contribution in [0.5, 0.6) is 0 Å². The van der Waals surface area contributed by atoms with Gasteiger partial charge in [-0.3, -0.25) is 9.59 Å². The van der Waals surface area contributed by atoms with Gasteiger partial charge in [-0.1, -0.05) is 59.4 Å². The average Bonchev–Trinajstić information content (AvgIpc) is 2.63. The highest BCUT2D eigenvalue weighted by Gasteiger charge is 2.24. The number of amides is 2.